The van der Waals surface area contributed by atoms with Gasteiger partial charge in [-0.2, -0.15) is 0 Å². The fourth-order valence-electron chi connectivity index (χ4n) is 3.38. The molecular formula is C15H29N3O. The van der Waals surface area contributed by atoms with E-state index in [1.54, 1.807) is 0 Å². The first-order valence-electron chi connectivity index (χ1n) is 7.95. The van der Waals surface area contributed by atoms with Crippen LogP contribution in [0.2, 0.25) is 0 Å². The highest BCUT2D eigenvalue weighted by molar-refractivity contribution is 5.81. The third-order valence-corrected chi connectivity index (χ3v) is 4.76. The van der Waals surface area contributed by atoms with Crippen LogP contribution in [0, 0.1) is 5.92 Å². The Morgan fingerprint density at radius 1 is 1.26 bits per heavy atom. The van der Waals surface area contributed by atoms with Gasteiger partial charge in [0.1, 0.15) is 0 Å². The summed E-state index contributed by atoms with van der Waals surface area (Å²) in [5.41, 5.74) is 5.76. The van der Waals surface area contributed by atoms with Crippen molar-refractivity contribution in [3.05, 3.63) is 0 Å². The number of nitrogens with zero attached hydrogens (tertiary/aromatic N) is 1. The molecule has 2 fully saturated rings. The number of likely N-dealkylation sites (tertiary alicyclic amines) is 1. The summed E-state index contributed by atoms with van der Waals surface area (Å²) in [6, 6.07) is 0.412. The lowest BCUT2D eigenvalue weighted by Gasteiger charge is -2.36. The first-order chi connectivity index (χ1) is 9.20. The number of hydrogen-bond acceptors (Lipinski definition) is 3. The van der Waals surface area contributed by atoms with E-state index < -0.39 is 0 Å². The Bertz CT molecular complexity index is 289. The van der Waals surface area contributed by atoms with Gasteiger partial charge in [0.15, 0.2) is 0 Å². The Kier molecular flexibility index (Phi) is 5.64. The van der Waals surface area contributed by atoms with Crippen molar-refractivity contribution < 1.29 is 4.79 Å². The Morgan fingerprint density at radius 2 is 2.00 bits per heavy atom. The van der Waals surface area contributed by atoms with Gasteiger partial charge >= 0.3 is 0 Å². The first kappa shape index (κ1) is 14.8. The molecule has 110 valence electrons. The van der Waals surface area contributed by atoms with Gasteiger partial charge in [0.05, 0.1) is 6.04 Å². The third kappa shape index (κ3) is 4.18. The molecule has 1 saturated heterocycles. The lowest BCUT2D eigenvalue weighted by Crippen LogP contribution is -2.52. The minimum Gasteiger partial charge on any atom is -0.352 e. The molecule has 0 aromatic heterocycles. The number of carbonyl (C=O) groups is 1. The highest BCUT2D eigenvalue weighted by Crippen LogP contribution is 2.20. The largest absolute Gasteiger partial charge is 0.352 e. The standard InChI is InChI=1S/C15H29N3O/c1-12(18-9-5-6-13(10-16)11-18)15(19)17-14-7-3-2-4-8-14/h12-14H,2-11,16H2,1H3,(H,17,19). The van der Waals surface area contributed by atoms with Crippen molar-refractivity contribution in [3.63, 3.8) is 0 Å². The van der Waals surface area contributed by atoms with E-state index in [2.05, 4.69) is 10.2 Å². The second kappa shape index (κ2) is 7.25. The zero-order chi connectivity index (χ0) is 13.7. The summed E-state index contributed by atoms with van der Waals surface area (Å²) in [7, 11) is 0. The smallest absolute Gasteiger partial charge is 0.237 e. The third-order valence-electron chi connectivity index (χ3n) is 4.76. The SMILES string of the molecule is CC(C(=O)NC1CCCCC1)N1CCCC(CN)C1. The molecule has 1 saturated carbocycles. The Balaban J connectivity index is 1.80. The summed E-state index contributed by atoms with van der Waals surface area (Å²) in [5, 5.41) is 3.24. The number of amides is 1. The lowest BCUT2D eigenvalue weighted by molar-refractivity contribution is -0.127. The van der Waals surface area contributed by atoms with Gasteiger partial charge in [-0.05, 0) is 51.6 Å². The van der Waals surface area contributed by atoms with Crippen LogP contribution in [0.1, 0.15) is 51.9 Å². The number of carbonyl (C=O) groups excluding carboxylic acids is 1. The van der Waals surface area contributed by atoms with E-state index in [4.69, 9.17) is 5.73 Å². The van der Waals surface area contributed by atoms with Gasteiger partial charge in [0, 0.05) is 12.6 Å². The average Bonchev–Trinajstić information content (AvgIpc) is 2.47. The summed E-state index contributed by atoms with van der Waals surface area (Å²) < 4.78 is 0. The molecule has 1 aliphatic carbocycles. The number of nitrogens with two attached hydrogens (primary N) is 1. The van der Waals surface area contributed by atoms with Gasteiger partial charge in [0.2, 0.25) is 5.91 Å². The molecule has 0 bridgehead atoms. The molecule has 0 spiro atoms. The van der Waals surface area contributed by atoms with Crippen LogP contribution in [-0.4, -0.2) is 42.5 Å². The van der Waals surface area contributed by atoms with Gasteiger partial charge in [-0.15, -0.1) is 0 Å². The highest BCUT2D eigenvalue weighted by Gasteiger charge is 2.28. The molecule has 2 atom stereocenters. The number of nitrogens with one attached hydrogen (secondary N) is 1. The molecule has 2 unspecified atom stereocenters. The van der Waals surface area contributed by atoms with Gasteiger partial charge in [-0.1, -0.05) is 19.3 Å². The van der Waals surface area contributed by atoms with E-state index in [0.29, 0.717) is 12.0 Å². The van der Waals surface area contributed by atoms with E-state index in [-0.39, 0.29) is 11.9 Å². The van der Waals surface area contributed by atoms with E-state index in [9.17, 15) is 4.79 Å². The predicted octanol–water partition coefficient (Wildman–Crippen LogP) is 1.49. The van der Waals surface area contributed by atoms with Crippen molar-refractivity contribution >= 4 is 5.91 Å². The maximum absolute atomic E-state index is 12.3. The fraction of sp³-hybridized carbons (Fsp3) is 0.933. The average molecular weight is 267 g/mol. The quantitative estimate of drug-likeness (QED) is 0.811. The lowest BCUT2D eigenvalue weighted by atomic mass is 9.94. The van der Waals surface area contributed by atoms with Crippen molar-refractivity contribution in [2.24, 2.45) is 11.7 Å². The molecule has 0 radical (unpaired) electrons. The molecule has 4 nitrogen and oxygen atoms in total. The maximum atomic E-state index is 12.3. The van der Waals surface area contributed by atoms with Gasteiger partial charge in [-0.25, -0.2) is 0 Å². The van der Waals surface area contributed by atoms with Crippen molar-refractivity contribution in [1.29, 1.82) is 0 Å². The summed E-state index contributed by atoms with van der Waals surface area (Å²) >= 11 is 0. The van der Waals surface area contributed by atoms with Crippen molar-refractivity contribution in [2.75, 3.05) is 19.6 Å². The van der Waals surface area contributed by atoms with Gasteiger partial charge in [-0.3, -0.25) is 9.69 Å². The van der Waals surface area contributed by atoms with Crippen LogP contribution in [0.15, 0.2) is 0 Å². The Morgan fingerprint density at radius 3 is 2.68 bits per heavy atom. The molecule has 1 heterocycles. The molecular weight excluding hydrogens is 238 g/mol. The van der Waals surface area contributed by atoms with Crippen LogP contribution in [0.5, 0.6) is 0 Å². The zero-order valence-electron chi connectivity index (χ0n) is 12.2. The fourth-order valence-corrected chi connectivity index (χ4v) is 3.38. The van der Waals surface area contributed by atoms with E-state index >= 15 is 0 Å². The molecule has 0 aromatic rings. The van der Waals surface area contributed by atoms with Gasteiger partial charge < -0.3 is 11.1 Å². The maximum Gasteiger partial charge on any atom is 0.237 e. The molecule has 1 aliphatic heterocycles. The second-order valence-electron chi connectivity index (χ2n) is 6.26. The number of piperidine rings is 1. The van der Waals surface area contributed by atoms with Crippen LogP contribution >= 0.6 is 0 Å². The summed E-state index contributed by atoms with van der Waals surface area (Å²) in [6.07, 6.45) is 8.55. The summed E-state index contributed by atoms with van der Waals surface area (Å²) in [5.74, 6) is 0.781. The van der Waals surface area contributed by atoms with E-state index in [1.807, 2.05) is 6.92 Å². The monoisotopic (exact) mass is 267 g/mol. The van der Waals surface area contributed by atoms with Crippen molar-refractivity contribution in [1.82, 2.24) is 10.2 Å². The minimum absolute atomic E-state index is 0.00345. The van der Waals surface area contributed by atoms with Crippen molar-refractivity contribution in [2.45, 2.75) is 64.0 Å². The minimum atomic E-state index is -0.00345. The summed E-state index contributed by atoms with van der Waals surface area (Å²) in [4.78, 5) is 14.6. The van der Waals surface area contributed by atoms with E-state index in [0.717, 1.165) is 32.5 Å². The van der Waals surface area contributed by atoms with Crippen molar-refractivity contribution in [3.8, 4) is 0 Å². The van der Waals surface area contributed by atoms with E-state index in [1.165, 1.54) is 32.1 Å². The second-order valence-corrected chi connectivity index (χ2v) is 6.26. The van der Waals surface area contributed by atoms with Crippen LogP contribution in [-0.2, 0) is 4.79 Å². The molecule has 2 rings (SSSR count). The van der Waals surface area contributed by atoms with Crippen LogP contribution in [0.4, 0.5) is 0 Å². The van der Waals surface area contributed by atoms with Gasteiger partial charge in [0.25, 0.3) is 0 Å². The number of hydrogen-bond donors (Lipinski definition) is 2. The molecule has 3 N–H and O–H groups in total. The highest BCUT2D eigenvalue weighted by atomic mass is 16.2. The topological polar surface area (TPSA) is 58.4 Å². The summed E-state index contributed by atoms with van der Waals surface area (Å²) in [6.45, 7) is 4.80. The Labute approximate surface area is 117 Å². The molecule has 1 amide bonds. The van der Waals surface area contributed by atoms with Crippen LogP contribution in [0.3, 0.4) is 0 Å². The molecule has 0 aromatic carbocycles. The number of rotatable bonds is 4. The first-order valence-corrected chi connectivity index (χ1v) is 7.95. The van der Waals surface area contributed by atoms with Crippen LogP contribution < -0.4 is 11.1 Å². The predicted molar refractivity (Wildman–Crippen MR) is 77.8 cm³/mol. The zero-order valence-corrected chi connectivity index (χ0v) is 12.2. The molecule has 19 heavy (non-hydrogen) atoms. The Hall–Kier alpha value is -0.610. The molecule has 2 aliphatic rings. The van der Waals surface area contributed by atoms with Crippen LogP contribution in [0.25, 0.3) is 0 Å². The normalized spacial score (nSPS) is 28.0. The molecule has 4 heteroatoms.